The van der Waals surface area contributed by atoms with Gasteiger partial charge in [0.15, 0.2) is 5.65 Å². The molecule has 1 amide bonds. The van der Waals surface area contributed by atoms with Crippen LogP contribution in [-0.2, 0) is 4.79 Å². The lowest BCUT2D eigenvalue weighted by Gasteiger charge is -2.07. The number of nitrogens with one attached hydrogen (secondary N) is 1. The molecular formula is C12H15N3O. The van der Waals surface area contributed by atoms with E-state index in [1.54, 1.807) is 0 Å². The van der Waals surface area contributed by atoms with Crippen molar-refractivity contribution in [3.8, 4) is 0 Å². The van der Waals surface area contributed by atoms with Gasteiger partial charge in [-0.05, 0) is 18.1 Å². The van der Waals surface area contributed by atoms with Crippen molar-refractivity contribution in [3.63, 3.8) is 0 Å². The summed E-state index contributed by atoms with van der Waals surface area (Å²) in [7, 11) is 0. The van der Waals surface area contributed by atoms with Crippen molar-refractivity contribution in [2.24, 2.45) is 0 Å². The molecule has 0 fully saturated rings. The van der Waals surface area contributed by atoms with Crippen molar-refractivity contribution in [1.82, 2.24) is 9.38 Å². The second-order valence-corrected chi connectivity index (χ2v) is 4.13. The Morgan fingerprint density at radius 2 is 2.25 bits per heavy atom. The standard InChI is InChI=1S/C12H15N3O/c1-8(2)11-7-13-12-10(14-9(3)16)5-4-6-15(11)12/h4-8H,1-3H3,(H,14,16). The average Bonchev–Trinajstić information content (AvgIpc) is 2.61. The first-order valence-corrected chi connectivity index (χ1v) is 5.33. The number of carbonyl (C=O) groups is 1. The molecule has 2 heterocycles. The lowest BCUT2D eigenvalue weighted by atomic mass is 10.1. The van der Waals surface area contributed by atoms with Crippen LogP contribution in [0.25, 0.3) is 5.65 Å². The van der Waals surface area contributed by atoms with E-state index in [2.05, 4.69) is 24.1 Å². The summed E-state index contributed by atoms with van der Waals surface area (Å²) >= 11 is 0. The number of hydrogen-bond donors (Lipinski definition) is 1. The van der Waals surface area contributed by atoms with Crippen LogP contribution in [0.3, 0.4) is 0 Å². The van der Waals surface area contributed by atoms with E-state index >= 15 is 0 Å². The van der Waals surface area contributed by atoms with Crippen LogP contribution in [0.1, 0.15) is 32.4 Å². The molecule has 0 aromatic carbocycles. The molecule has 0 aliphatic carbocycles. The van der Waals surface area contributed by atoms with E-state index in [4.69, 9.17) is 0 Å². The van der Waals surface area contributed by atoms with Gasteiger partial charge in [-0.15, -0.1) is 0 Å². The van der Waals surface area contributed by atoms with Gasteiger partial charge in [-0.25, -0.2) is 4.98 Å². The van der Waals surface area contributed by atoms with Gasteiger partial charge in [0.1, 0.15) is 0 Å². The van der Waals surface area contributed by atoms with Gasteiger partial charge in [0, 0.05) is 25.0 Å². The maximum absolute atomic E-state index is 11.0. The summed E-state index contributed by atoms with van der Waals surface area (Å²) in [5, 5.41) is 2.78. The fraction of sp³-hybridized carbons (Fsp3) is 0.333. The fourth-order valence-corrected chi connectivity index (χ4v) is 1.74. The Labute approximate surface area is 94.3 Å². The van der Waals surface area contributed by atoms with E-state index < -0.39 is 0 Å². The summed E-state index contributed by atoms with van der Waals surface area (Å²) in [6.45, 7) is 5.73. The highest BCUT2D eigenvalue weighted by Gasteiger charge is 2.10. The van der Waals surface area contributed by atoms with Crippen LogP contribution < -0.4 is 5.32 Å². The summed E-state index contributed by atoms with van der Waals surface area (Å²) in [5.41, 5.74) is 2.69. The first-order valence-electron chi connectivity index (χ1n) is 5.33. The molecule has 0 aliphatic heterocycles. The number of fused-ring (bicyclic) bond motifs is 1. The van der Waals surface area contributed by atoms with E-state index in [1.165, 1.54) is 6.92 Å². The van der Waals surface area contributed by atoms with E-state index in [0.29, 0.717) is 5.92 Å². The molecule has 0 aliphatic rings. The third kappa shape index (κ3) is 1.78. The van der Waals surface area contributed by atoms with E-state index in [-0.39, 0.29) is 5.91 Å². The second-order valence-electron chi connectivity index (χ2n) is 4.13. The summed E-state index contributed by atoms with van der Waals surface area (Å²) in [4.78, 5) is 15.4. The van der Waals surface area contributed by atoms with E-state index in [0.717, 1.165) is 17.0 Å². The molecule has 0 radical (unpaired) electrons. The summed E-state index contributed by atoms with van der Waals surface area (Å²) in [6, 6.07) is 3.76. The number of anilines is 1. The van der Waals surface area contributed by atoms with Gasteiger partial charge in [0.25, 0.3) is 0 Å². The van der Waals surface area contributed by atoms with Crippen molar-refractivity contribution in [1.29, 1.82) is 0 Å². The highest BCUT2D eigenvalue weighted by molar-refractivity contribution is 5.92. The molecule has 4 nitrogen and oxygen atoms in total. The lowest BCUT2D eigenvalue weighted by molar-refractivity contribution is -0.114. The van der Waals surface area contributed by atoms with Gasteiger partial charge in [0.2, 0.25) is 5.91 Å². The van der Waals surface area contributed by atoms with Gasteiger partial charge in [-0.3, -0.25) is 4.79 Å². The zero-order valence-corrected chi connectivity index (χ0v) is 9.69. The number of hydrogen-bond acceptors (Lipinski definition) is 2. The predicted molar refractivity (Wildman–Crippen MR) is 63.6 cm³/mol. The van der Waals surface area contributed by atoms with Gasteiger partial charge < -0.3 is 9.72 Å². The topological polar surface area (TPSA) is 46.4 Å². The van der Waals surface area contributed by atoms with Crippen molar-refractivity contribution < 1.29 is 4.79 Å². The molecule has 4 heteroatoms. The maximum Gasteiger partial charge on any atom is 0.221 e. The number of nitrogens with zero attached hydrogens (tertiary/aromatic N) is 2. The van der Waals surface area contributed by atoms with Crippen LogP contribution >= 0.6 is 0 Å². The molecule has 0 unspecified atom stereocenters. The Bertz CT molecular complexity index is 528. The number of amides is 1. The first-order chi connectivity index (χ1) is 7.59. The van der Waals surface area contributed by atoms with Crippen molar-refractivity contribution in [2.75, 3.05) is 5.32 Å². The molecule has 0 bridgehead atoms. The van der Waals surface area contributed by atoms with Crippen molar-refractivity contribution in [3.05, 3.63) is 30.2 Å². The molecule has 1 N–H and O–H groups in total. The Balaban J connectivity index is 2.57. The normalized spacial score (nSPS) is 11.0. The molecular weight excluding hydrogens is 202 g/mol. The van der Waals surface area contributed by atoms with Crippen molar-refractivity contribution >= 4 is 17.2 Å². The number of imidazole rings is 1. The Morgan fingerprint density at radius 3 is 2.88 bits per heavy atom. The minimum atomic E-state index is -0.0813. The zero-order valence-electron chi connectivity index (χ0n) is 9.69. The highest BCUT2D eigenvalue weighted by atomic mass is 16.1. The molecule has 0 atom stereocenters. The maximum atomic E-state index is 11.0. The van der Waals surface area contributed by atoms with Crippen LogP contribution in [0.2, 0.25) is 0 Å². The predicted octanol–water partition coefficient (Wildman–Crippen LogP) is 2.42. The molecule has 2 aromatic heterocycles. The lowest BCUT2D eigenvalue weighted by Crippen LogP contribution is -2.07. The SMILES string of the molecule is CC(=O)Nc1cccn2c(C(C)C)cnc12. The fourth-order valence-electron chi connectivity index (χ4n) is 1.74. The molecule has 16 heavy (non-hydrogen) atoms. The Hall–Kier alpha value is -1.84. The van der Waals surface area contributed by atoms with E-state index in [1.807, 2.05) is 28.9 Å². The van der Waals surface area contributed by atoms with Gasteiger partial charge in [0.05, 0.1) is 5.69 Å². The number of carbonyl (C=O) groups excluding carboxylic acids is 1. The molecule has 0 spiro atoms. The third-order valence-electron chi connectivity index (χ3n) is 2.47. The third-order valence-corrected chi connectivity index (χ3v) is 2.47. The number of pyridine rings is 1. The van der Waals surface area contributed by atoms with Crippen LogP contribution in [0.5, 0.6) is 0 Å². The molecule has 0 saturated carbocycles. The van der Waals surface area contributed by atoms with Crippen LogP contribution in [0.4, 0.5) is 5.69 Å². The van der Waals surface area contributed by atoms with E-state index in [9.17, 15) is 4.79 Å². The minimum Gasteiger partial charge on any atom is -0.323 e. The summed E-state index contributed by atoms with van der Waals surface area (Å²) in [6.07, 6.45) is 3.81. The van der Waals surface area contributed by atoms with Crippen molar-refractivity contribution in [2.45, 2.75) is 26.7 Å². The van der Waals surface area contributed by atoms with Crippen LogP contribution in [0, 0.1) is 0 Å². The average molecular weight is 217 g/mol. The molecule has 0 saturated heterocycles. The first kappa shape index (κ1) is 10.7. The molecule has 2 aromatic rings. The van der Waals surface area contributed by atoms with Gasteiger partial charge in [-0.2, -0.15) is 0 Å². The smallest absolute Gasteiger partial charge is 0.221 e. The van der Waals surface area contributed by atoms with Gasteiger partial charge in [-0.1, -0.05) is 13.8 Å². The zero-order chi connectivity index (χ0) is 11.7. The Morgan fingerprint density at radius 1 is 1.50 bits per heavy atom. The quantitative estimate of drug-likeness (QED) is 0.839. The number of rotatable bonds is 2. The van der Waals surface area contributed by atoms with Crippen LogP contribution in [0.15, 0.2) is 24.5 Å². The highest BCUT2D eigenvalue weighted by Crippen LogP contribution is 2.21. The van der Waals surface area contributed by atoms with Gasteiger partial charge >= 0.3 is 0 Å². The largest absolute Gasteiger partial charge is 0.323 e. The molecule has 2 rings (SSSR count). The Kier molecular flexibility index (Phi) is 2.64. The monoisotopic (exact) mass is 217 g/mol. The minimum absolute atomic E-state index is 0.0813. The summed E-state index contributed by atoms with van der Waals surface area (Å²) in [5.74, 6) is 0.324. The second kappa shape index (κ2) is 3.96. The number of aromatic nitrogens is 2. The summed E-state index contributed by atoms with van der Waals surface area (Å²) < 4.78 is 2.01. The van der Waals surface area contributed by atoms with Crippen LogP contribution in [-0.4, -0.2) is 15.3 Å². The molecule has 84 valence electrons.